The van der Waals surface area contributed by atoms with Crippen molar-refractivity contribution >= 4 is 77.5 Å². The third kappa shape index (κ3) is 5.36. The molecule has 1 aliphatic carbocycles. The number of hydrogen-bond acceptors (Lipinski definition) is 2. The number of furan rings is 1. The van der Waals surface area contributed by atoms with E-state index in [0.29, 0.717) is 0 Å². The maximum absolute atomic E-state index is 6.51. The van der Waals surface area contributed by atoms with E-state index in [-0.39, 0.29) is 0 Å². The van der Waals surface area contributed by atoms with Crippen molar-refractivity contribution in [2.45, 2.75) is 12.8 Å². The summed E-state index contributed by atoms with van der Waals surface area (Å²) in [5.74, 6) is 1.06. The van der Waals surface area contributed by atoms with Crippen LogP contribution in [0.2, 0.25) is 0 Å². The molecule has 0 atom stereocenters. The van der Waals surface area contributed by atoms with Crippen LogP contribution in [0.4, 0.5) is 17.1 Å². The fourth-order valence-electron chi connectivity index (χ4n) is 9.56. The number of rotatable bonds is 6. The normalized spacial score (nSPS) is 12.5. The zero-order chi connectivity index (χ0) is 38.9. The first kappa shape index (κ1) is 33.5. The summed E-state index contributed by atoms with van der Waals surface area (Å²) in [5, 5.41) is 8.72. The van der Waals surface area contributed by atoms with Crippen molar-refractivity contribution in [3.63, 3.8) is 0 Å². The molecular weight excluding hydrogens is 717 g/mol. The predicted octanol–water partition coefficient (Wildman–Crippen LogP) is 15.6. The van der Waals surface area contributed by atoms with Gasteiger partial charge in [-0.25, -0.2) is 0 Å². The van der Waals surface area contributed by atoms with Crippen LogP contribution in [0.15, 0.2) is 205 Å². The molecule has 12 rings (SSSR count). The molecule has 0 aliphatic heterocycles. The second-order valence-electron chi connectivity index (χ2n) is 15.5. The maximum Gasteiger partial charge on any atom is 0.137 e. The third-order valence-corrected chi connectivity index (χ3v) is 12.2. The number of para-hydroxylation sites is 3. The summed E-state index contributed by atoms with van der Waals surface area (Å²) in [6.45, 7) is 0. The van der Waals surface area contributed by atoms with Crippen molar-refractivity contribution in [3.8, 4) is 27.9 Å². The second kappa shape index (κ2) is 13.5. The Hall–Kier alpha value is -7.62. The van der Waals surface area contributed by atoms with E-state index in [1.807, 2.05) is 0 Å². The van der Waals surface area contributed by atoms with Gasteiger partial charge in [0.1, 0.15) is 11.3 Å². The maximum atomic E-state index is 6.51. The van der Waals surface area contributed by atoms with Crippen molar-refractivity contribution in [1.82, 2.24) is 4.57 Å². The van der Waals surface area contributed by atoms with Crippen molar-refractivity contribution in [2.24, 2.45) is 0 Å². The lowest BCUT2D eigenvalue weighted by Gasteiger charge is -2.27. The number of anilines is 3. The van der Waals surface area contributed by atoms with E-state index in [1.165, 1.54) is 65.6 Å². The average molecular weight is 755 g/mol. The quantitative estimate of drug-likeness (QED) is 0.158. The van der Waals surface area contributed by atoms with Gasteiger partial charge in [-0.15, -0.1) is 0 Å². The molecular formula is C56H38N2O. The molecule has 278 valence electrons. The lowest BCUT2D eigenvalue weighted by atomic mass is 9.93. The topological polar surface area (TPSA) is 21.3 Å². The van der Waals surface area contributed by atoms with Gasteiger partial charge in [0.05, 0.1) is 27.8 Å². The molecule has 0 bridgehead atoms. The Morgan fingerprint density at radius 2 is 1.07 bits per heavy atom. The number of hydrogen-bond donors (Lipinski definition) is 0. The molecule has 0 N–H and O–H groups in total. The SMILES string of the molecule is C1=Cc2c(oc3cccc(N(c4ccc(-c5ccccc5-n5c6ccccc6c6ccccc65)cc4)c4ccc(-c5cc6ccccc6c6ccccc56)cc4)c23)CC1. The Bertz CT molecular complexity index is 3380. The fraction of sp³-hybridized carbons (Fsp3) is 0.0357. The van der Waals surface area contributed by atoms with Crippen LogP contribution in [0.3, 0.4) is 0 Å². The van der Waals surface area contributed by atoms with Crippen molar-refractivity contribution < 1.29 is 4.42 Å². The minimum atomic E-state index is 0.911. The van der Waals surface area contributed by atoms with Gasteiger partial charge in [-0.3, -0.25) is 0 Å². The van der Waals surface area contributed by atoms with Crippen LogP contribution in [-0.4, -0.2) is 4.57 Å². The minimum Gasteiger partial charge on any atom is -0.460 e. The molecule has 0 amide bonds. The summed E-state index contributed by atoms with van der Waals surface area (Å²) in [6, 6.07) is 70.6. The molecule has 11 aromatic rings. The van der Waals surface area contributed by atoms with Gasteiger partial charge in [0.25, 0.3) is 0 Å². The summed E-state index contributed by atoms with van der Waals surface area (Å²) in [6.07, 6.45) is 6.42. The van der Waals surface area contributed by atoms with E-state index in [4.69, 9.17) is 4.42 Å². The summed E-state index contributed by atoms with van der Waals surface area (Å²) in [4.78, 5) is 2.39. The van der Waals surface area contributed by atoms with Gasteiger partial charge >= 0.3 is 0 Å². The Kier molecular flexibility index (Phi) is 7.67. The highest BCUT2D eigenvalue weighted by atomic mass is 16.3. The number of nitrogens with zero attached hydrogens (tertiary/aromatic N) is 2. The highest BCUT2D eigenvalue weighted by Gasteiger charge is 2.23. The largest absolute Gasteiger partial charge is 0.460 e. The highest BCUT2D eigenvalue weighted by Crippen LogP contribution is 2.45. The first-order valence-corrected chi connectivity index (χ1v) is 20.5. The Labute approximate surface area is 342 Å². The first-order chi connectivity index (χ1) is 29.3. The molecule has 3 nitrogen and oxygen atoms in total. The van der Waals surface area contributed by atoms with Crippen molar-refractivity contribution in [1.29, 1.82) is 0 Å². The van der Waals surface area contributed by atoms with E-state index in [1.54, 1.807) is 0 Å². The molecule has 0 unspecified atom stereocenters. The van der Waals surface area contributed by atoms with E-state index in [0.717, 1.165) is 57.9 Å². The molecule has 2 aromatic heterocycles. The summed E-state index contributed by atoms with van der Waals surface area (Å²) >= 11 is 0. The summed E-state index contributed by atoms with van der Waals surface area (Å²) in [7, 11) is 0. The van der Waals surface area contributed by atoms with Crippen LogP contribution in [-0.2, 0) is 6.42 Å². The fourth-order valence-corrected chi connectivity index (χ4v) is 9.56. The summed E-state index contributed by atoms with van der Waals surface area (Å²) < 4.78 is 8.93. The van der Waals surface area contributed by atoms with Crippen molar-refractivity contribution in [2.75, 3.05) is 4.90 Å². The van der Waals surface area contributed by atoms with Crippen molar-refractivity contribution in [3.05, 3.63) is 212 Å². The monoisotopic (exact) mass is 754 g/mol. The minimum absolute atomic E-state index is 0.911. The molecule has 0 saturated heterocycles. The Balaban J connectivity index is 1.01. The first-order valence-electron chi connectivity index (χ1n) is 20.5. The summed E-state index contributed by atoms with van der Waals surface area (Å²) in [5.41, 5.74) is 13.7. The lowest BCUT2D eigenvalue weighted by Crippen LogP contribution is -2.10. The zero-order valence-electron chi connectivity index (χ0n) is 32.3. The van der Waals surface area contributed by atoms with Gasteiger partial charge in [0, 0.05) is 39.7 Å². The zero-order valence-corrected chi connectivity index (χ0v) is 32.3. The molecule has 0 radical (unpaired) electrons. The van der Waals surface area contributed by atoms with E-state index >= 15 is 0 Å². The van der Waals surface area contributed by atoms with Crippen LogP contribution in [0.1, 0.15) is 17.7 Å². The molecule has 1 aliphatic rings. The highest BCUT2D eigenvalue weighted by molar-refractivity contribution is 6.14. The van der Waals surface area contributed by atoms with Crippen LogP contribution >= 0.6 is 0 Å². The van der Waals surface area contributed by atoms with Crippen LogP contribution in [0.25, 0.3) is 88.3 Å². The lowest BCUT2D eigenvalue weighted by molar-refractivity contribution is 0.546. The number of benzene rings is 9. The van der Waals surface area contributed by atoms with Gasteiger partial charge in [-0.1, -0.05) is 146 Å². The van der Waals surface area contributed by atoms with Crippen LogP contribution < -0.4 is 4.90 Å². The van der Waals surface area contributed by atoms with E-state index < -0.39 is 0 Å². The van der Waals surface area contributed by atoms with Gasteiger partial charge in [0.15, 0.2) is 0 Å². The molecule has 0 saturated carbocycles. The molecule has 59 heavy (non-hydrogen) atoms. The van der Waals surface area contributed by atoms with E-state index in [9.17, 15) is 0 Å². The number of aryl methyl sites for hydroxylation is 1. The van der Waals surface area contributed by atoms with Gasteiger partial charge in [-0.05, 0) is 105 Å². The smallest absolute Gasteiger partial charge is 0.137 e. The number of allylic oxidation sites excluding steroid dienone is 1. The van der Waals surface area contributed by atoms with Crippen LogP contribution in [0.5, 0.6) is 0 Å². The third-order valence-electron chi connectivity index (χ3n) is 12.2. The second-order valence-corrected chi connectivity index (χ2v) is 15.5. The standard InChI is InChI=1S/C56H38N2O/c1-2-15-42-39(14-1)36-49(45-18-4-3-17-44(42)45)38-30-34-41(35-31-38)57(53-25-13-27-55-56(53)48-21-8-12-26-54(48)59-55)40-32-28-37(29-33-40)43-16-5-9-22-50(43)58-51-23-10-6-19-46(51)47-20-7-11-24-52(47)58/h1-11,13-25,27-36H,12,26H2. The number of fused-ring (bicyclic) bond motifs is 9. The average Bonchev–Trinajstić information content (AvgIpc) is 3.86. The molecule has 0 spiro atoms. The molecule has 0 fully saturated rings. The molecule has 2 heterocycles. The molecule has 3 heteroatoms. The van der Waals surface area contributed by atoms with Gasteiger partial charge < -0.3 is 13.9 Å². The van der Waals surface area contributed by atoms with E-state index in [2.05, 4.69) is 216 Å². The van der Waals surface area contributed by atoms with Crippen LogP contribution in [0, 0.1) is 0 Å². The Morgan fingerprint density at radius 1 is 0.475 bits per heavy atom. The predicted molar refractivity (Wildman–Crippen MR) is 248 cm³/mol. The Morgan fingerprint density at radius 3 is 1.80 bits per heavy atom. The van der Waals surface area contributed by atoms with Gasteiger partial charge in [0.2, 0.25) is 0 Å². The van der Waals surface area contributed by atoms with Gasteiger partial charge in [-0.2, -0.15) is 0 Å². The number of aromatic nitrogens is 1. The molecule has 9 aromatic carbocycles.